The van der Waals surface area contributed by atoms with Gasteiger partial charge in [0.1, 0.15) is 0 Å². The molecule has 0 aromatic rings. The van der Waals surface area contributed by atoms with Gasteiger partial charge in [-0.05, 0) is 52.0 Å². The van der Waals surface area contributed by atoms with Crippen molar-refractivity contribution in [3.05, 3.63) is 24.3 Å². The van der Waals surface area contributed by atoms with Crippen LogP contribution in [0.15, 0.2) is 24.3 Å². The number of unbranched alkanes of at least 4 members (excludes halogenated alkanes) is 13. The quantitative estimate of drug-likeness (QED) is 0.143. The molecule has 0 fully saturated rings. The fourth-order valence-electron chi connectivity index (χ4n) is 3.81. The summed E-state index contributed by atoms with van der Waals surface area (Å²) in [5.74, 6) is 0. The van der Waals surface area contributed by atoms with Gasteiger partial charge in [-0.15, -0.1) is 0 Å². The Balaban J connectivity index is 3.36. The van der Waals surface area contributed by atoms with Gasteiger partial charge in [0.05, 0.1) is 0 Å². The molecule has 28 heavy (non-hydrogen) atoms. The van der Waals surface area contributed by atoms with Crippen molar-refractivity contribution in [2.24, 2.45) is 0 Å². The monoisotopic (exact) mass is 391 g/mol. The van der Waals surface area contributed by atoms with E-state index in [1.165, 1.54) is 116 Å². The molecule has 166 valence electrons. The molecule has 0 aromatic carbocycles. The lowest BCUT2D eigenvalue weighted by Gasteiger charge is -2.15. The highest BCUT2D eigenvalue weighted by molar-refractivity contribution is 4.92. The second kappa shape index (κ2) is 24.5. The van der Waals surface area contributed by atoms with Crippen LogP contribution in [0.1, 0.15) is 136 Å². The molecular formula is C27H53N. The molecule has 0 spiro atoms. The normalized spacial score (nSPS) is 13.1. The fourth-order valence-corrected chi connectivity index (χ4v) is 3.81. The maximum absolute atomic E-state index is 3.54. The van der Waals surface area contributed by atoms with E-state index < -0.39 is 0 Å². The smallest absolute Gasteiger partial charge is 0.00640 e. The average Bonchev–Trinajstić information content (AvgIpc) is 2.71. The number of nitrogens with one attached hydrogen (secondary N) is 1. The second-order valence-electron chi connectivity index (χ2n) is 8.56. The van der Waals surface area contributed by atoms with Crippen LogP contribution in [0.5, 0.6) is 0 Å². The summed E-state index contributed by atoms with van der Waals surface area (Å²) in [6.07, 6.45) is 35.3. The standard InChI is InChI=1S/C27H53N/c1-4-6-8-10-12-13-14-15-16-17-18-19-20-22-24-26-27(28-3)25-23-21-11-9-7-5-2/h12-13,15-16,27-28H,4-11,14,17-26H2,1-3H3. The third kappa shape index (κ3) is 21.7. The zero-order valence-electron chi connectivity index (χ0n) is 19.8. The molecule has 1 atom stereocenters. The van der Waals surface area contributed by atoms with E-state index in [9.17, 15) is 0 Å². The number of allylic oxidation sites excluding steroid dienone is 4. The van der Waals surface area contributed by atoms with Crippen molar-refractivity contribution in [3.63, 3.8) is 0 Å². The zero-order chi connectivity index (χ0) is 20.5. The first kappa shape index (κ1) is 27.4. The molecule has 0 aliphatic rings. The van der Waals surface area contributed by atoms with E-state index in [2.05, 4.69) is 50.5 Å². The first-order valence-corrected chi connectivity index (χ1v) is 12.8. The van der Waals surface area contributed by atoms with Gasteiger partial charge in [-0.1, -0.05) is 115 Å². The number of hydrogen-bond donors (Lipinski definition) is 1. The minimum Gasteiger partial charge on any atom is -0.317 e. The predicted molar refractivity (Wildman–Crippen MR) is 130 cm³/mol. The lowest BCUT2D eigenvalue weighted by Crippen LogP contribution is -2.24. The van der Waals surface area contributed by atoms with Gasteiger partial charge in [-0.25, -0.2) is 0 Å². The molecule has 0 aromatic heterocycles. The van der Waals surface area contributed by atoms with Gasteiger partial charge in [0.25, 0.3) is 0 Å². The fraction of sp³-hybridized carbons (Fsp3) is 0.852. The maximum Gasteiger partial charge on any atom is 0.00640 e. The third-order valence-electron chi connectivity index (χ3n) is 5.82. The molecule has 0 rings (SSSR count). The second-order valence-corrected chi connectivity index (χ2v) is 8.56. The summed E-state index contributed by atoms with van der Waals surface area (Å²) in [5.41, 5.74) is 0. The molecule has 0 saturated carbocycles. The van der Waals surface area contributed by atoms with Crippen molar-refractivity contribution < 1.29 is 0 Å². The predicted octanol–water partition coefficient (Wildman–Crippen LogP) is 9.14. The first-order chi connectivity index (χ1) is 13.8. The molecule has 1 unspecified atom stereocenters. The Labute approximate surface area is 178 Å². The van der Waals surface area contributed by atoms with E-state index in [4.69, 9.17) is 0 Å². The van der Waals surface area contributed by atoms with Gasteiger partial charge in [-0.2, -0.15) is 0 Å². The minimum absolute atomic E-state index is 0.754. The van der Waals surface area contributed by atoms with Gasteiger partial charge in [0.15, 0.2) is 0 Å². The molecular weight excluding hydrogens is 338 g/mol. The van der Waals surface area contributed by atoms with E-state index in [0.717, 1.165) is 12.5 Å². The summed E-state index contributed by atoms with van der Waals surface area (Å²) < 4.78 is 0. The van der Waals surface area contributed by atoms with E-state index in [-0.39, 0.29) is 0 Å². The van der Waals surface area contributed by atoms with Gasteiger partial charge >= 0.3 is 0 Å². The summed E-state index contributed by atoms with van der Waals surface area (Å²) in [7, 11) is 2.15. The lowest BCUT2D eigenvalue weighted by atomic mass is 10.0. The van der Waals surface area contributed by atoms with Crippen LogP contribution in [0.25, 0.3) is 0 Å². The van der Waals surface area contributed by atoms with Crippen LogP contribution >= 0.6 is 0 Å². The average molecular weight is 392 g/mol. The van der Waals surface area contributed by atoms with Crippen LogP contribution < -0.4 is 5.32 Å². The largest absolute Gasteiger partial charge is 0.317 e. The van der Waals surface area contributed by atoms with Crippen molar-refractivity contribution in [2.75, 3.05) is 7.05 Å². The summed E-state index contributed by atoms with van der Waals surface area (Å²) in [6, 6.07) is 0.754. The topological polar surface area (TPSA) is 12.0 Å². The lowest BCUT2D eigenvalue weighted by molar-refractivity contribution is 0.436. The van der Waals surface area contributed by atoms with Gasteiger partial charge in [-0.3, -0.25) is 0 Å². The summed E-state index contributed by atoms with van der Waals surface area (Å²) in [5, 5.41) is 3.54. The van der Waals surface area contributed by atoms with Crippen LogP contribution in [0.4, 0.5) is 0 Å². The zero-order valence-corrected chi connectivity index (χ0v) is 19.8. The van der Waals surface area contributed by atoms with Crippen LogP contribution in [0.2, 0.25) is 0 Å². The van der Waals surface area contributed by atoms with E-state index in [1.807, 2.05) is 0 Å². The van der Waals surface area contributed by atoms with Crippen LogP contribution in [0, 0.1) is 0 Å². The van der Waals surface area contributed by atoms with E-state index in [0.29, 0.717) is 0 Å². The van der Waals surface area contributed by atoms with Gasteiger partial charge in [0, 0.05) is 6.04 Å². The summed E-state index contributed by atoms with van der Waals surface area (Å²) >= 11 is 0. The summed E-state index contributed by atoms with van der Waals surface area (Å²) in [6.45, 7) is 4.56. The Morgan fingerprint density at radius 3 is 1.50 bits per heavy atom. The Morgan fingerprint density at radius 2 is 0.964 bits per heavy atom. The Morgan fingerprint density at radius 1 is 0.536 bits per heavy atom. The Hall–Kier alpha value is -0.560. The van der Waals surface area contributed by atoms with Crippen LogP contribution in [-0.2, 0) is 0 Å². The molecule has 0 aliphatic heterocycles. The molecule has 0 amide bonds. The van der Waals surface area contributed by atoms with Gasteiger partial charge in [0.2, 0.25) is 0 Å². The molecule has 1 heteroatoms. The molecule has 0 bridgehead atoms. The maximum atomic E-state index is 3.54. The van der Waals surface area contributed by atoms with Crippen molar-refractivity contribution in [1.29, 1.82) is 0 Å². The highest BCUT2D eigenvalue weighted by atomic mass is 14.9. The highest BCUT2D eigenvalue weighted by Gasteiger charge is 2.05. The van der Waals surface area contributed by atoms with E-state index in [1.54, 1.807) is 0 Å². The van der Waals surface area contributed by atoms with Crippen molar-refractivity contribution in [2.45, 2.75) is 142 Å². The van der Waals surface area contributed by atoms with Crippen LogP contribution in [0.3, 0.4) is 0 Å². The SMILES string of the molecule is CCCCCC=CCC=CCCCCCCCC(CCCCCCCC)NC. The third-order valence-corrected chi connectivity index (χ3v) is 5.82. The molecule has 1 N–H and O–H groups in total. The van der Waals surface area contributed by atoms with Crippen molar-refractivity contribution >= 4 is 0 Å². The number of rotatable bonds is 22. The minimum atomic E-state index is 0.754. The van der Waals surface area contributed by atoms with E-state index >= 15 is 0 Å². The molecule has 0 saturated heterocycles. The van der Waals surface area contributed by atoms with Crippen molar-refractivity contribution in [1.82, 2.24) is 5.32 Å². The van der Waals surface area contributed by atoms with Gasteiger partial charge < -0.3 is 5.32 Å². The number of hydrogen-bond acceptors (Lipinski definition) is 1. The first-order valence-electron chi connectivity index (χ1n) is 12.8. The van der Waals surface area contributed by atoms with Crippen molar-refractivity contribution in [3.8, 4) is 0 Å². The Kier molecular flexibility index (Phi) is 24.0. The molecule has 0 heterocycles. The summed E-state index contributed by atoms with van der Waals surface area (Å²) in [4.78, 5) is 0. The Bertz CT molecular complexity index is 331. The van der Waals surface area contributed by atoms with Crippen LogP contribution in [-0.4, -0.2) is 13.1 Å². The molecule has 0 aliphatic carbocycles. The molecule has 0 radical (unpaired) electrons. The molecule has 1 nitrogen and oxygen atoms in total. The highest BCUT2D eigenvalue weighted by Crippen LogP contribution is 2.14.